The molecule has 2 unspecified atom stereocenters. The Labute approximate surface area is 182 Å². The van der Waals surface area contributed by atoms with Crippen molar-refractivity contribution in [3.63, 3.8) is 0 Å². The van der Waals surface area contributed by atoms with E-state index in [0.717, 1.165) is 4.90 Å². The molecular weight excluding hydrogens is 422 g/mol. The number of amides is 2. The largest absolute Gasteiger partial charge is 0.452 e. The number of nitrogens with zero attached hydrogens (tertiary/aromatic N) is 2. The number of carbonyl (C=O) groups is 3. The van der Waals surface area contributed by atoms with Gasteiger partial charge in [0.1, 0.15) is 5.69 Å². The molecule has 1 aliphatic heterocycles. The molecule has 0 spiro atoms. The summed E-state index contributed by atoms with van der Waals surface area (Å²) in [5.41, 5.74) is 0.440. The number of hydrogen-bond donors (Lipinski definition) is 1. The van der Waals surface area contributed by atoms with Gasteiger partial charge in [-0.25, -0.2) is 0 Å². The molecule has 0 radical (unpaired) electrons. The highest BCUT2D eigenvalue weighted by molar-refractivity contribution is 7.98. The fraction of sp³-hybridized carbons (Fsp3) is 0.286. The van der Waals surface area contributed by atoms with Crippen molar-refractivity contribution in [1.82, 2.24) is 0 Å². The number of nitrogens with one attached hydrogen (secondary N) is 1. The lowest BCUT2D eigenvalue weighted by atomic mass is 10.1. The Morgan fingerprint density at radius 2 is 1.90 bits per heavy atom. The molecule has 2 amide bonds. The topological polar surface area (TPSA) is 119 Å². The van der Waals surface area contributed by atoms with Gasteiger partial charge in [0.2, 0.25) is 5.91 Å². The molecule has 1 aliphatic rings. The van der Waals surface area contributed by atoms with E-state index in [0.29, 0.717) is 5.69 Å². The normalized spacial score (nSPS) is 16.6. The molecule has 0 aliphatic carbocycles. The van der Waals surface area contributed by atoms with Crippen LogP contribution in [0.15, 0.2) is 53.4 Å². The number of carbonyl (C=O) groups excluding carboxylic acids is 3. The molecule has 31 heavy (non-hydrogen) atoms. The first-order chi connectivity index (χ1) is 14.8. The van der Waals surface area contributed by atoms with E-state index in [2.05, 4.69) is 5.32 Å². The summed E-state index contributed by atoms with van der Waals surface area (Å²) in [6, 6.07) is 13.1. The second-order valence-electron chi connectivity index (χ2n) is 6.95. The summed E-state index contributed by atoms with van der Waals surface area (Å²) >= 11 is 1.59. The minimum atomic E-state index is -1.18. The van der Waals surface area contributed by atoms with E-state index in [4.69, 9.17) is 4.74 Å². The van der Waals surface area contributed by atoms with Crippen LogP contribution in [0, 0.1) is 16.0 Å². The number of anilines is 2. The minimum absolute atomic E-state index is 0.0105. The Kier molecular flexibility index (Phi) is 6.91. The number of hydrogen-bond acceptors (Lipinski definition) is 7. The van der Waals surface area contributed by atoms with E-state index >= 15 is 0 Å². The number of esters is 1. The van der Waals surface area contributed by atoms with Crippen LogP contribution in [0.4, 0.5) is 17.1 Å². The highest BCUT2D eigenvalue weighted by Crippen LogP contribution is 2.28. The monoisotopic (exact) mass is 443 g/mol. The first kappa shape index (κ1) is 22.3. The number of nitro groups is 1. The molecule has 0 bridgehead atoms. The van der Waals surface area contributed by atoms with Crippen molar-refractivity contribution in [3.05, 3.63) is 58.6 Å². The number of rotatable bonds is 7. The van der Waals surface area contributed by atoms with Crippen molar-refractivity contribution >= 4 is 46.6 Å². The number of thioether (sulfide) groups is 1. The third-order valence-corrected chi connectivity index (χ3v) is 5.61. The van der Waals surface area contributed by atoms with Crippen molar-refractivity contribution in [2.75, 3.05) is 23.0 Å². The average molecular weight is 443 g/mol. The highest BCUT2D eigenvalue weighted by Gasteiger charge is 2.37. The molecular formula is C21H21N3O6S. The smallest absolute Gasteiger partial charge is 0.312 e. The van der Waals surface area contributed by atoms with E-state index in [-0.39, 0.29) is 30.2 Å². The molecule has 1 fully saturated rings. The molecule has 9 nitrogen and oxygen atoms in total. The molecule has 2 aromatic rings. The number of ether oxygens (including phenoxy) is 1. The summed E-state index contributed by atoms with van der Waals surface area (Å²) in [6.45, 7) is 1.53. The second kappa shape index (κ2) is 9.61. The zero-order valence-electron chi connectivity index (χ0n) is 16.9. The van der Waals surface area contributed by atoms with Gasteiger partial charge in [0.15, 0.2) is 6.10 Å². The van der Waals surface area contributed by atoms with Gasteiger partial charge < -0.3 is 15.0 Å². The highest BCUT2D eigenvalue weighted by atomic mass is 32.2. The third kappa shape index (κ3) is 5.21. The molecule has 1 saturated heterocycles. The summed E-state index contributed by atoms with van der Waals surface area (Å²) < 4.78 is 5.23. The molecule has 3 rings (SSSR count). The predicted octanol–water partition coefficient (Wildman–Crippen LogP) is 3.24. The van der Waals surface area contributed by atoms with Crippen LogP contribution >= 0.6 is 11.8 Å². The van der Waals surface area contributed by atoms with Crippen LogP contribution < -0.4 is 10.2 Å². The van der Waals surface area contributed by atoms with Gasteiger partial charge >= 0.3 is 5.97 Å². The molecule has 0 aromatic heterocycles. The summed E-state index contributed by atoms with van der Waals surface area (Å²) in [5.74, 6) is -2.26. The molecule has 162 valence electrons. The Balaban J connectivity index is 1.60. The molecule has 2 aromatic carbocycles. The Morgan fingerprint density at radius 3 is 2.55 bits per heavy atom. The van der Waals surface area contributed by atoms with Gasteiger partial charge in [0, 0.05) is 29.6 Å². The number of para-hydroxylation sites is 2. The first-order valence-electron chi connectivity index (χ1n) is 9.49. The van der Waals surface area contributed by atoms with Gasteiger partial charge in [0.25, 0.3) is 11.6 Å². The van der Waals surface area contributed by atoms with E-state index < -0.39 is 28.8 Å². The lowest BCUT2D eigenvalue weighted by Crippen LogP contribution is -2.33. The average Bonchev–Trinajstić information content (AvgIpc) is 3.15. The summed E-state index contributed by atoms with van der Waals surface area (Å²) in [5, 5.41) is 13.5. The maximum atomic E-state index is 12.5. The zero-order valence-corrected chi connectivity index (χ0v) is 17.8. The number of benzene rings is 2. The van der Waals surface area contributed by atoms with Crippen molar-refractivity contribution < 1.29 is 24.0 Å². The molecule has 1 N–H and O–H groups in total. The molecule has 1 heterocycles. The molecule has 0 saturated carbocycles. The van der Waals surface area contributed by atoms with E-state index in [1.807, 2.05) is 30.5 Å². The second-order valence-corrected chi connectivity index (χ2v) is 7.83. The summed E-state index contributed by atoms with van der Waals surface area (Å²) in [7, 11) is 0. The summed E-state index contributed by atoms with van der Waals surface area (Å²) in [4.78, 5) is 50.3. The fourth-order valence-corrected chi connectivity index (χ4v) is 3.58. The van der Waals surface area contributed by atoms with Crippen LogP contribution in [0.5, 0.6) is 0 Å². The lowest BCUT2D eigenvalue weighted by molar-refractivity contribution is -0.383. The van der Waals surface area contributed by atoms with Crippen LogP contribution in [0.3, 0.4) is 0 Å². The van der Waals surface area contributed by atoms with Crippen LogP contribution in [-0.4, -0.2) is 41.6 Å². The van der Waals surface area contributed by atoms with Gasteiger partial charge in [-0.1, -0.05) is 12.1 Å². The van der Waals surface area contributed by atoms with Crippen molar-refractivity contribution in [3.8, 4) is 0 Å². The standard InChI is InChI=1S/C21H21N3O6S/c1-13(20(26)22-17-5-3-4-6-18(17)24(28)29)30-21(27)14-11-19(25)23(12-14)15-7-9-16(31-2)10-8-15/h3-10,13-14H,11-12H2,1-2H3,(H,22,26). The first-order valence-corrected chi connectivity index (χ1v) is 10.7. The quantitative estimate of drug-likeness (QED) is 0.302. The van der Waals surface area contributed by atoms with E-state index in [9.17, 15) is 24.5 Å². The van der Waals surface area contributed by atoms with Gasteiger partial charge in [0.05, 0.1) is 10.8 Å². The molecule has 2 atom stereocenters. The summed E-state index contributed by atoms with van der Waals surface area (Å²) in [6.07, 6.45) is 0.758. The minimum Gasteiger partial charge on any atom is -0.452 e. The van der Waals surface area contributed by atoms with Gasteiger partial charge in [-0.15, -0.1) is 11.8 Å². The maximum absolute atomic E-state index is 12.5. The Hall–Kier alpha value is -3.40. The SMILES string of the molecule is CSc1ccc(N2CC(C(=O)OC(C)C(=O)Nc3ccccc3[N+](=O)[O-])CC2=O)cc1. The van der Waals surface area contributed by atoms with Crippen LogP contribution in [0.2, 0.25) is 0 Å². The maximum Gasteiger partial charge on any atom is 0.312 e. The Morgan fingerprint density at radius 1 is 1.23 bits per heavy atom. The predicted molar refractivity (Wildman–Crippen MR) is 116 cm³/mol. The van der Waals surface area contributed by atoms with Crippen molar-refractivity contribution in [1.29, 1.82) is 0 Å². The zero-order chi connectivity index (χ0) is 22.5. The lowest BCUT2D eigenvalue weighted by Gasteiger charge is -2.18. The van der Waals surface area contributed by atoms with Crippen molar-refractivity contribution in [2.24, 2.45) is 5.92 Å². The van der Waals surface area contributed by atoms with Crippen LogP contribution in [0.25, 0.3) is 0 Å². The van der Waals surface area contributed by atoms with Crippen LogP contribution in [0.1, 0.15) is 13.3 Å². The number of nitro benzene ring substituents is 1. The van der Waals surface area contributed by atoms with E-state index in [1.165, 1.54) is 30.0 Å². The van der Waals surface area contributed by atoms with Crippen LogP contribution in [-0.2, 0) is 19.1 Å². The van der Waals surface area contributed by atoms with Gasteiger partial charge in [-0.05, 0) is 43.5 Å². The van der Waals surface area contributed by atoms with E-state index in [1.54, 1.807) is 17.8 Å². The molecule has 10 heteroatoms. The van der Waals surface area contributed by atoms with Crippen molar-refractivity contribution in [2.45, 2.75) is 24.3 Å². The fourth-order valence-electron chi connectivity index (χ4n) is 3.17. The van der Waals surface area contributed by atoms with Gasteiger partial charge in [-0.3, -0.25) is 24.5 Å². The van der Waals surface area contributed by atoms with Gasteiger partial charge in [-0.2, -0.15) is 0 Å². The Bertz CT molecular complexity index is 1010. The third-order valence-electron chi connectivity index (χ3n) is 4.86.